The van der Waals surface area contributed by atoms with Gasteiger partial charge in [0.15, 0.2) is 18.3 Å². The van der Waals surface area contributed by atoms with Crippen molar-refractivity contribution in [3.05, 3.63) is 20.8 Å². The largest absolute Gasteiger partial charge is 0.492 e. The van der Waals surface area contributed by atoms with Crippen LogP contribution >= 0.6 is 22.6 Å². The fourth-order valence-corrected chi connectivity index (χ4v) is 2.64. The number of rotatable bonds is 8. The fourth-order valence-electron chi connectivity index (χ4n) is 1.86. The van der Waals surface area contributed by atoms with Crippen LogP contribution in [0.25, 0.3) is 0 Å². The Morgan fingerprint density at radius 3 is 2.35 bits per heavy atom. The van der Waals surface area contributed by atoms with Crippen molar-refractivity contribution in [2.75, 3.05) is 34.7 Å². The van der Waals surface area contributed by atoms with Crippen LogP contribution in [0, 0.1) is 3.57 Å². The fraction of sp³-hybridized carbons (Fsp3) is 0.467. The van der Waals surface area contributed by atoms with Crippen LogP contribution in [-0.4, -0.2) is 46.7 Å². The van der Waals surface area contributed by atoms with E-state index in [9.17, 15) is 9.59 Å². The molecule has 1 aromatic rings. The summed E-state index contributed by atoms with van der Waals surface area (Å²) in [7, 11) is 3.94. The summed E-state index contributed by atoms with van der Waals surface area (Å²) < 4.78 is 26.2. The SMILES string of the molecule is CCOCOc1c(I)cc(CC(=O)OC)c(C(=O)OC)c1OC. The maximum absolute atomic E-state index is 12.1. The lowest BCUT2D eigenvalue weighted by Crippen LogP contribution is -2.15. The predicted molar refractivity (Wildman–Crippen MR) is 89.9 cm³/mol. The Morgan fingerprint density at radius 2 is 1.83 bits per heavy atom. The van der Waals surface area contributed by atoms with E-state index < -0.39 is 11.9 Å². The van der Waals surface area contributed by atoms with E-state index in [1.165, 1.54) is 21.3 Å². The van der Waals surface area contributed by atoms with E-state index in [0.717, 1.165) is 0 Å². The summed E-state index contributed by atoms with van der Waals surface area (Å²) in [5, 5.41) is 0. The molecular formula is C15H19IO7. The number of ether oxygens (including phenoxy) is 5. The van der Waals surface area contributed by atoms with Gasteiger partial charge in [0.25, 0.3) is 0 Å². The molecule has 128 valence electrons. The molecule has 0 N–H and O–H groups in total. The zero-order valence-corrected chi connectivity index (χ0v) is 15.6. The van der Waals surface area contributed by atoms with Crippen LogP contribution in [0.1, 0.15) is 22.8 Å². The van der Waals surface area contributed by atoms with E-state index in [1.807, 2.05) is 29.5 Å². The minimum absolute atomic E-state index is 0.0137. The van der Waals surface area contributed by atoms with Gasteiger partial charge in [0.05, 0.1) is 31.3 Å². The smallest absolute Gasteiger partial charge is 0.342 e. The van der Waals surface area contributed by atoms with Gasteiger partial charge < -0.3 is 23.7 Å². The standard InChI is InChI=1S/C15H19IO7/c1-5-22-8-23-13-10(16)6-9(7-11(17)19-2)12(14(13)20-3)15(18)21-4/h6H,5,7-8H2,1-4H3. The first kappa shape index (κ1) is 19.5. The lowest BCUT2D eigenvalue weighted by atomic mass is 10.0. The number of halogens is 1. The summed E-state index contributed by atoms with van der Waals surface area (Å²) in [6, 6.07) is 1.66. The molecule has 0 aromatic heterocycles. The summed E-state index contributed by atoms with van der Waals surface area (Å²) in [6.45, 7) is 2.34. The number of carbonyl (C=O) groups is 2. The van der Waals surface area contributed by atoms with Crippen molar-refractivity contribution >= 4 is 34.5 Å². The Bertz CT molecular complexity index is 571. The summed E-state index contributed by atoms with van der Waals surface area (Å²) >= 11 is 2.03. The minimum Gasteiger partial charge on any atom is -0.492 e. The molecule has 0 aliphatic carbocycles. The van der Waals surface area contributed by atoms with Gasteiger partial charge in [-0.1, -0.05) is 0 Å². The van der Waals surface area contributed by atoms with Crippen LogP contribution in [0.15, 0.2) is 6.07 Å². The molecule has 0 fully saturated rings. The highest BCUT2D eigenvalue weighted by atomic mass is 127. The lowest BCUT2D eigenvalue weighted by molar-refractivity contribution is -0.139. The molecule has 0 aliphatic rings. The molecule has 0 heterocycles. The maximum Gasteiger partial charge on any atom is 0.342 e. The van der Waals surface area contributed by atoms with Crippen molar-refractivity contribution in [2.45, 2.75) is 13.3 Å². The molecule has 0 unspecified atom stereocenters. The van der Waals surface area contributed by atoms with Crippen LogP contribution in [0.4, 0.5) is 0 Å². The van der Waals surface area contributed by atoms with Crippen molar-refractivity contribution in [1.82, 2.24) is 0 Å². The van der Waals surface area contributed by atoms with Gasteiger partial charge in [-0.3, -0.25) is 4.79 Å². The van der Waals surface area contributed by atoms with Crippen LogP contribution in [0.3, 0.4) is 0 Å². The lowest BCUT2D eigenvalue weighted by Gasteiger charge is -2.18. The molecule has 0 aliphatic heterocycles. The highest BCUT2D eigenvalue weighted by Crippen LogP contribution is 2.39. The monoisotopic (exact) mass is 438 g/mol. The molecule has 23 heavy (non-hydrogen) atoms. The van der Waals surface area contributed by atoms with Crippen LogP contribution in [0.5, 0.6) is 11.5 Å². The van der Waals surface area contributed by atoms with Gasteiger partial charge in [-0.05, 0) is 41.1 Å². The number of carbonyl (C=O) groups excluding carboxylic acids is 2. The van der Waals surface area contributed by atoms with Gasteiger partial charge >= 0.3 is 11.9 Å². The molecular weight excluding hydrogens is 419 g/mol. The quantitative estimate of drug-likeness (QED) is 0.267. The van der Waals surface area contributed by atoms with E-state index in [4.69, 9.17) is 18.9 Å². The third-order valence-electron chi connectivity index (χ3n) is 2.92. The highest BCUT2D eigenvalue weighted by molar-refractivity contribution is 14.1. The molecule has 0 saturated heterocycles. The van der Waals surface area contributed by atoms with Crippen molar-refractivity contribution in [3.63, 3.8) is 0 Å². The normalized spacial score (nSPS) is 10.1. The van der Waals surface area contributed by atoms with Crippen molar-refractivity contribution in [1.29, 1.82) is 0 Å². The molecule has 1 aromatic carbocycles. The predicted octanol–water partition coefficient (Wildman–Crippen LogP) is 2.17. The molecule has 0 saturated carbocycles. The molecule has 0 spiro atoms. The van der Waals surface area contributed by atoms with Gasteiger partial charge in [0, 0.05) is 6.61 Å². The third-order valence-corrected chi connectivity index (χ3v) is 3.72. The second kappa shape index (κ2) is 9.56. The first-order valence-corrected chi connectivity index (χ1v) is 7.82. The maximum atomic E-state index is 12.1. The van der Waals surface area contributed by atoms with Gasteiger partial charge in [-0.2, -0.15) is 0 Å². The number of methoxy groups -OCH3 is 3. The zero-order chi connectivity index (χ0) is 17.4. The van der Waals surface area contributed by atoms with Crippen LogP contribution < -0.4 is 9.47 Å². The summed E-state index contributed by atoms with van der Waals surface area (Å²) in [4.78, 5) is 23.7. The molecule has 0 bridgehead atoms. The van der Waals surface area contributed by atoms with Gasteiger partial charge in [-0.15, -0.1) is 0 Å². The Hall–Kier alpha value is -1.55. The second-order valence-corrected chi connectivity index (χ2v) is 5.42. The van der Waals surface area contributed by atoms with Crippen LogP contribution in [-0.2, 0) is 25.4 Å². The Labute approximate surface area is 148 Å². The van der Waals surface area contributed by atoms with Crippen molar-refractivity contribution < 1.29 is 33.3 Å². The zero-order valence-electron chi connectivity index (χ0n) is 13.4. The van der Waals surface area contributed by atoms with E-state index in [1.54, 1.807) is 6.07 Å². The summed E-state index contributed by atoms with van der Waals surface area (Å²) in [6.07, 6.45) is -0.0843. The van der Waals surface area contributed by atoms with E-state index in [0.29, 0.717) is 21.5 Å². The van der Waals surface area contributed by atoms with Crippen LogP contribution in [0.2, 0.25) is 0 Å². The second-order valence-electron chi connectivity index (χ2n) is 4.25. The Balaban J connectivity index is 3.39. The molecule has 0 amide bonds. The van der Waals surface area contributed by atoms with E-state index in [-0.39, 0.29) is 24.5 Å². The molecule has 8 heteroatoms. The molecule has 7 nitrogen and oxygen atoms in total. The Morgan fingerprint density at radius 1 is 1.13 bits per heavy atom. The van der Waals surface area contributed by atoms with E-state index >= 15 is 0 Å². The van der Waals surface area contributed by atoms with Gasteiger partial charge in [-0.25, -0.2) is 4.79 Å². The molecule has 1 rings (SSSR count). The van der Waals surface area contributed by atoms with Crippen molar-refractivity contribution in [3.8, 4) is 11.5 Å². The average molecular weight is 438 g/mol. The first-order chi connectivity index (χ1) is 11.0. The number of benzene rings is 1. The molecule has 0 atom stereocenters. The van der Waals surface area contributed by atoms with Gasteiger partial charge in [0.2, 0.25) is 0 Å². The number of hydrogen-bond acceptors (Lipinski definition) is 7. The number of esters is 2. The van der Waals surface area contributed by atoms with E-state index in [2.05, 4.69) is 4.74 Å². The minimum atomic E-state index is -0.626. The third kappa shape index (κ3) is 4.96. The Kier molecular flexibility index (Phi) is 8.10. The van der Waals surface area contributed by atoms with Gasteiger partial charge in [0.1, 0.15) is 5.56 Å². The van der Waals surface area contributed by atoms with Crippen molar-refractivity contribution in [2.24, 2.45) is 0 Å². The highest BCUT2D eigenvalue weighted by Gasteiger charge is 2.26. The molecule has 0 radical (unpaired) electrons. The average Bonchev–Trinajstić information content (AvgIpc) is 2.55. The summed E-state index contributed by atoms with van der Waals surface area (Å²) in [5.41, 5.74) is 0.570. The number of hydrogen-bond donors (Lipinski definition) is 0. The topological polar surface area (TPSA) is 80.3 Å². The summed E-state index contributed by atoms with van der Waals surface area (Å²) in [5.74, 6) is -0.549. The first-order valence-electron chi connectivity index (χ1n) is 6.75.